The number of nitrogens with zero attached hydrogens (tertiary/aromatic N) is 5. The molecule has 2 fully saturated rings. The van der Waals surface area contributed by atoms with Gasteiger partial charge in [0, 0.05) is 38.2 Å². The Hall–Kier alpha value is -2.20. The largest absolute Gasteiger partial charge is 0.378 e. The summed E-state index contributed by atoms with van der Waals surface area (Å²) in [5.41, 5.74) is 1.39. The second kappa shape index (κ2) is 7.20. The maximum absolute atomic E-state index is 13.1. The highest BCUT2D eigenvalue weighted by Crippen LogP contribution is 2.39. The maximum atomic E-state index is 13.1. The summed E-state index contributed by atoms with van der Waals surface area (Å²) in [5.74, 6) is 1.01. The van der Waals surface area contributed by atoms with Crippen LogP contribution in [0.15, 0.2) is 6.33 Å². The molecule has 3 aliphatic rings. The summed E-state index contributed by atoms with van der Waals surface area (Å²) in [6, 6.07) is 2.34. The molecule has 4 rings (SSSR count). The number of hydrogen-bond donors (Lipinski definition) is 0. The molecule has 0 N–H and O–H groups in total. The fourth-order valence-electron chi connectivity index (χ4n) is 4.41. The molecule has 1 saturated heterocycles. The van der Waals surface area contributed by atoms with Crippen LogP contribution in [0.4, 0.5) is 5.82 Å². The van der Waals surface area contributed by atoms with Crippen LogP contribution in [0.3, 0.4) is 0 Å². The van der Waals surface area contributed by atoms with Crippen LogP contribution >= 0.6 is 0 Å². The molecule has 1 aliphatic carbocycles. The third-order valence-corrected chi connectivity index (χ3v) is 5.94. The Morgan fingerprint density at radius 1 is 1.12 bits per heavy atom. The lowest BCUT2D eigenvalue weighted by Gasteiger charge is -2.30. The Morgan fingerprint density at radius 3 is 2.58 bits per heavy atom. The van der Waals surface area contributed by atoms with Crippen LogP contribution in [0.25, 0.3) is 0 Å². The van der Waals surface area contributed by atoms with Gasteiger partial charge in [0.1, 0.15) is 17.6 Å². The van der Waals surface area contributed by atoms with E-state index in [0.717, 1.165) is 55.8 Å². The molecule has 0 radical (unpaired) electrons. The van der Waals surface area contributed by atoms with Gasteiger partial charge >= 0.3 is 0 Å². The molecular formula is C19H25N5O2. The van der Waals surface area contributed by atoms with Gasteiger partial charge in [-0.2, -0.15) is 5.26 Å². The third-order valence-electron chi connectivity index (χ3n) is 5.94. The summed E-state index contributed by atoms with van der Waals surface area (Å²) in [6.07, 6.45) is 6.45. The lowest BCUT2D eigenvalue weighted by atomic mass is 9.86. The summed E-state index contributed by atoms with van der Waals surface area (Å²) in [5, 5.41) is 9.64. The van der Waals surface area contributed by atoms with Gasteiger partial charge in [0.15, 0.2) is 0 Å². The number of hydrogen-bond acceptors (Lipinski definition) is 6. The zero-order valence-corrected chi connectivity index (χ0v) is 15.1. The summed E-state index contributed by atoms with van der Waals surface area (Å²) in [4.78, 5) is 26.3. The smallest absolute Gasteiger partial charge is 0.243 e. The number of amides is 1. The van der Waals surface area contributed by atoms with Crippen molar-refractivity contribution in [3.63, 3.8) is 0 Å². The number of ether oxygens (including phenoxy) is 1. The van der Waals surface area contributed by atoms with Gasteiger partial charge < -0.3 is 14.5 Å². The minimum Gasteiger partial charge on any atom is -0.378 e. The molecular weight excluding hydrogens is 330 g/mol. The topological polar surface area (TPSA) is 82.3 Å². The molecule has 138 valence electrons. The van der Waals surface area contributed by atoms with Crippen molar-refractivity contribution in [2.45, 2.75) is 38.5 Å². The second-order valence-corrected chi connectivity index (χ2v) is 7.42. The zero-order chi connectivity index (χ0) is 18.0. The highest BCUT2D eigenvalue weighted by Gasteiger charge is 2.44. The van der Waals surface area contributed by atoms with E-state index in [1.807, 2.05) is 4.90 Å². The molecule has 1 amide bonds. The Labute approximate surface area is 154 Å². The van der Waals surface area contributed by atoms with Crippen molar-refractivity contribution in [3.05, 3.63) is 17.6 Å². The molecule has 1 aromatic heterocycles. The number of carbonyl (C=O) groups is 1. The van der Waals surface area contributed by atoms with Crippen LogP contribution in [-0.2, 0) is 22.4 Å². The van der Waals surface area contributed by atoms with E-state index in [4.69, 9.17) is 4.74 Å². The predicted molar refractivity (Wildman–Crippen MR) is 95.6 cm³/mol. The van der Waals surface area contributed by atoms with Crippen molar-refractivity contribution in [2.24, 2.45) is 5.41 Å². The van der Waals surface area contributed by atoms with E-state index < -0.39 is 5.41 Å². The molecule has 2 aliphatic heterocycles. The summed E-state index contributed by atoms with van der Waals surface area (Å²) in [6.45, 7) is 4.38. The Balaban J connectivity index is 1.54. The molecule has 0 unspecified atom stereocenters. The number of morpholine rings is 1. The number of carbonyl (C=O) groups excluding carboxylic acids is 1. The van der Waals surface area contributed by atoms with Crippen LogP contribution in [0, 0.1) is 16.7 Å². The zero-order valence-electron chi connectivity index (χ0n) is 15.1. The summed E-state index contributed by atoms with van der Waals surface area (Å²) >= 11 is 0. The second-order valence-electron chi connectivity index (χ2n) is 7.42. The first-order valence-corrected chi connectivity index (χ1v) is 9.60. The van der Waals surface area contributed by atoms with Crippen LogP contribution in [0.2, 0.25) is 0 Å². The van der Waals surface area contributed by atoms with Gasteiger partial charge in [-0.1, -0.05) is 12.8 Å². The molecule has 0 aromatic carbocycles. The number of anilines is 1. The fraction of sp³-hybridized carbons (Fsp3) is 0.684. The van der Waals surface area contributed by atoms with E-state index in [0.29, 0.717) is 39.1 Å². The van der Waals surface area contributed by atoms with Crippen molar-refractivity contribution in [2.75, 3.05) is 44.3 Å². The first-order valence-electron chi connectivity index (χ1n) is 9.60. The van der Waals surface area contributed by atoms with Crippen LogP contribution < -0.4 is 4.90 Å². The van der Waals surface area contributed by atoms with Gasteiger partial charge in [-0.3, -0.25) is 4.79 Å². The molecule has 0 spiro atoms. The van der Waals surface area contributed by atoms with E-state index >= 15 is 0 Å². The van der Waals surface area contributed by atoms with Gasteiger partial charge in [0.05, 0.1) is 25.0 Å². The van der Waals surface area contributed by atoms with Crippen molar-refractivity contribution in [1.82, 2.24) is 14.9 Å². The highest BCUT2D eigenvalue weighted by molar-refractivity contribution is 5.86. The van der Waals surface area contributed by atoms with E-state index in [9.17, 15) is 10.1 Å². The lowest BCUT2D eigenvalue weighted by molar-refractivity contribution is -0.138. The average Bonchev–Trinajstić information content (AvgIpc) is 3.09. The number of aromatic nitrogens is 2. The predicted octanol–water partition coefficient (Wildman–Crippen LogP) is 1.32. The van der Waals surface area contributed by atoms with Crippen LogP contribution in [-0.4, -0.2) is 60.2 Å². The minimum atomic E-state index is -0.796. The standard InChI is InChI=1S/C19H25N5O2/c20-13-19(5-1-2-6-19)18(25)24-7-3-15-16(4-8-24)21-14-22-17(15)23-9-11-26-12-10-23/h14H,1-12H2. The summed E-state index contributed by atoms with van der Waals surface area (Å²) < 4.78 is 5.45. The molecule has 0 bridgehead atoms. The quantitative estimate of drug-likeness (QED) is 0.796. The molecule has 7 heteroatoms. The van der Waals surface area contributed by atoms with E-state index in [1.54, 1.807) is 6.33 Å². The minimum absolute atomic E-state index is 0.0196. The van der Waals surface area contributed by atoms with E-state index in [-0.39, 0.29) is 5.91 Å². The van der Waals surface area contributed by atoms with Gasteiger partial charge in [-0.25, -0.2) is 9.97 Å². The van der Waals surface area contributed by atoms with Gasteiger partial charge in [0.2, 0.25) is 5.91 Å². The molecule has 0 atom stereocenters. The molecule has 1 aromatic rings. The summed E-state index contributed by atoms with van der Waals surface area (Å²) in [7, 11) is 0. The van der Waals surface area contributed by atoms with E-state index in [2.05, 4.69) is 20.9 Å². The number of fused-ring (bicyclic) bond motifs is 1. The van der Waals surface area contributed by atoms with E-state index in [1.165, 1.54) is 0 Å². The van der Waals surface area contributed by atoms with Gasteiger partial charge in [0.25, 0.3) is 0 Å². The third kappa shape index (κ3) is 3.03. The van der Waals surface area contributed by atoms with Crippen molar-refractivity contribution >= 4 is 11.7 Å². The molecule has 3 heterocycles. The number of rotatable bonds is 2. The van der Waals surface area contributed by atoms with Crippen molar-refractivity contribution in [1.29, 1.82) is 5.26 Å². The normalized spacial score (nSPS) is 22.4. The Bertz CT molecular complexity index is 717. The van der Waals surface area contributed by atoms with Crippen LogP contribution in [0.5, 0.6) is 0 Å². The Morgan fingerprint density at radius 2 is 1.85 bits per heavy atom. The maximum Gasteiger partial charge on any atom is 0.243 e. The van der Waals surface area contributed by atoms with Gasteiger partial charge in [-0.15, -0.1) is 0 Å². The SMILES string of the molecule is N#CC1(C(=O)N2CCc3ncnc(N4CCOCC4)c3CC2)CCCC1. The van der Waals surface area contributed by atoms with Crippen LogP contribution in [0.1, 0.15) is 36.9 Å². The average molecular weight is 355 g/mol. The highest BCUT2D eigenvalue weighted by atomic mass is 16.5. The number of nitriles is 1. The van der Waals surface area contributed by atoms with Crippen molar-refractivity contribution < 1.29 is 9.53 Å². The monoisotopic (exact) mass is 355 g/mol. The first-order chi connectivity index (χ1) is 12.7. The lowest BCUT2D eigenvalue weighted by Crippen LogP contribution is -2.43. The molecule has 26 heavy (non-hydrogen) atoms. The fourth-order valence-corrected chi connectivity index (χ4v) is 4.41. The Kier molecular flexibility index (Phi) is 4.77. The van der Waals surface area contributed by atoms with Crippen molar-refractivity contribution in [3.8, 4) is 6.07 Å². The molecule has 1 saturated carbocycles. The van der Waals surface area contributed by atoms with Gasteiger partial charge in [-0.05, 0) is 19.3 Å². The molecule has 7 nitrogen and oxygen atoms in total. The first kappa shape index (κ1) is 17.2.